The minimum Gasteiger partial charge on any atom is -0.444 e. The summed E-state index contributed by atoms with van der Waals surface area (Å²) in [5.74, 6) is -1.52. The van der Waals surface area contributed by atoms with Gasteiger partial charge < -0.3 is 15.0 Å². The molecule has 146 valence electrons. The zero-order valence-corrected chi connectivity index (χ0v) is 14.6. The number of halogens is 3. The van der Waals surface area contributed by atoms with Gasteiger partial charge in [0, 0.05) is 13.5 Å². The minimum atomic E-state index is -4.47. The Morgan fingerprint density at radius 2 is 1.93 bits per heavy atom. The Morgan fingerprint density at radius 3 is 2.41 bits per heavy atom. The summed E-state index contributed by atoms with van der Waals surface area (Å²) in [5.41, 5.74) is -1.82. The van der Waals surface area contributed by atoms with Gasteiger partial charge in [0.25, 0.3) is 5.91 Å². The van der Waals surface area contributed by atoms with Gasteiger partial charge in [-0.2, -0.15) is 13.2 Å². The highest BCUT2D eigenvalue weighted by Crippen LogP contribution is 2.38. The van der Waals surface area contributed by atoms with Gasteiger partial charge in [-0.1, -0.05) is 12.1 Å². The molecule has 2 aliphatic heterocycles. The maximum atomic E-state index is 12.8. The molecular weight excluding hydrogens is 367 g/mol. The highest BCUT2D eigenvalue weighted by molar-refractivity contribution is 6.00. The number of nitrogens with zero attached hydrogens (tertiary/aromatic N) is 1. The monoisotopic (exact) mass is 385 g/mol. The van der Waals surface area contributed by atoms with Crippen LogP contribution in [0.3, 0.4) is 0 Å². The maximum Gasteiger partial charge on any atom is 0.416 e. The van der Waals surface area contributed by atoms with E-state index >= 15 is 0 Å². The van der Waals surface area contributed by atoms with E-state index in [1.165, 1.54) is 24.0 Å². The van der Waals surface area contributed by atoms with Crippen LogP contribution in [0.2, 0.25) is 0 Å². The second-order valence-electron chi connectivity index (χ2n) is 6.54. The van der Waals surface area contributed by atoms with Gasteiger partial charge in [0.2, 0.25) is 5.91 Å². The maximum absolute atomic E-state index is 12.8. The van der Waals surface area contributed by atoms with Crippen molar-refractivity contribution < 1.29 is 32.3 Å². The first-order chi connectivity index (χ1) is 12.6. The van der Waals surface area contributed by atoms with Crippen molar-refractivity contribution in [2.75, 3.05) is 13.1 Å². The van der Waals surface area contributed by atoms with Gasteiger partial charge in [0.15, 0.2) is 11.8 Å². The Labute approximate surface area is 152 Å². The van der Waals surface area contributed by atoms with E-state index in [1.807, 2.05) is 0 Å². The van der Waals surface area contributed by atoms with Gasteiger partial charge in [0.05, 0.1) is 18.2 Å². The normalized spacial score (nSPS) is 26.4. The molecule has 10 heteroatoms. The lowest BCUT2D eigenvalue weighted by Gasteiger charge is -2.57. The van der Waals surface area contributed by atoms with Gasteiger partial charge in [0.1, 0.15) is 0 Å². The summed E-state index contributed by atoms with van der Waals surface area (Å²) in [7, 11) is 0. The van der Waals surface area contributed by atoms with E-state index in [2.05, 4.69) is 10.6 Å². The first kappa shape index (κ1) is 19.2. The topological polar surface area (TPSA) is 87.7 Å². The van der Waals surface area contributed by atoms with Crippen LogP contribution in [-0.4, -0.2) is 47.5 Å². The quantitative estimate of drug-likeness (QED) is 0.757. The Morgan fingerprint density at radius 1 is 1.30 bits per heavy atom. The number of hydrogen-bond donors (Lipinski definition) is 2. The van der Waals surface area contributed by atoms with Gasteiger partial charge in [-0.25, -0.2) is 0 Å². The second-order valence-corrected chi connectivity index (χ2v) is 6.54. The molecule has 1 unspecified atom stereocenters. The Hall–Kier alpha value is -2.62. The fourth-order valence-corrected chi connectivity index (χ4v) is 3.48. The number of esters is 1. The van der Waals surface area contributed by atoms with Crippen LogP contribution in [0.1, 0.15) is 31.0 Å². The summed E-state index contributed by atoms with van der Waals surface area (Å²) >= 11 is 0. The third-order valence-electron chi connectivity index (χ3n) is 4.87. The van der Waals surface area contributed by atoms with Crippen molar-refractivity contribution in [3.8, 4) is 0 Å². The molecule has 1 spiro atoms. The summed E-state index contributed by atoms with van der Waals surface area (Å²) in [6.07, 6.45) is -5.50. The molecular formula is C17H18F3N3O4. The number of benzene rings is 1. The molecule has 3 atom stereocenters. The highest BCUT2D eigenvalue weighted by Gasteiger charge is 2.63. The van der Waals surface area contributed by atoms with Crippen molar-refractivity contribution in [3.63, 3.8) is 0 Å². The van der Waals surface area contributed by atoms with Crippen molar-refractivity contribution in [3.05, 3.63) is 35.4 Å². The molecule has 0 bridgehead atoms. The Kier molecular flexibility index (Phi) is 4.62. The molecule has 1 aromatic carbocycles. The van der Waals surface area contributed by atoms with E-state index in [0.29, 0.717) is 5.56 Å². The number of piperazine rings is 1. The molecule has 27 heavy (non-hydrogen) atoms. The van der Waals surface area contributed by atoms with Crippen molar-refractivity contribution in [1.29, 1.82) is 0 Å². The lowest BCUT2D eigenvalue weighted by molar-refractivity contribution is -0.195. The van der Waals surface area contributed by atoms with Crippen LogP contribution < -0.4 is 10.6 Å². The number of alkyl halides is 3. The number of nitrogens with one attached hydrogen (secondary N) is 2. The molecule has 2 heterocycles. The number of carbonyl (C=O) groups is 3. The Bertz CT molecular complexity index is 781. The third kappa shape index (κ3) is 3.14. The van der Waals surface area contributed by atoms with Crippen LogP contribution in [-0.2, 0) is 25.3 Å². The molecule has 3 rings (SSSR count). The molecule has 7 nitrogen and oxygen atoms in total. The molecule has 0 radical (unpaired) electrons. The molecule has 2 saturated heterocycles. The predicted molar refractivity (Wildman–Crippen MR) is 86.0 cm³/mol. The predicted octanol–water partition coefficient (Wildman–Crippen LogP) is 0.956. The average molecular weight is 385 g/mol. The van der Waals surface area contributed by atoms with Crippen LogP contribution in [0.4, 0.5) is 13.2 Å². The number of hydrogen-bond acceptors (Lipinski definition) is 5. The van der Waals surface area contributed by atoms with Crippen LogP contribution in [0.15, 0.2) is 24.3 Å². The zero-order valence-electron chi connectivity index (χ0n) is 14.6. The smallest absolute Gasteiger partial charge is 0.416 e. The average Bonchev–Trinajstić information content (AvgIpc) is 2.59. The van der Waals surface area contributed by atoms with Gasteiger partial charge in [-0.05, 0) is 24.6 Å². The molecule has 2 amide bonds. The van der Waals surface area contributed by atoms with Crippen LogP contribution >= 0.6 is 0 Å². The molecule has 0 saturated carbocycles. The highest BCUT2D eigenvalue weighted by atomic mass is 19.4. The molecule has 2 N–H and O–H groups in total. The molecule has 1 aromatic rings. The van der Waals surface area contributed by atoms with Crippen molar-refractivity contribution in [2.45, 2.75) is 37.8 Å². The van der Waals surface area contributed by atoms with E-state index in [1.54, 1.807) is 6.92 Å². The van der Waals surface area contributed by atoms with Crippen LogP contribution in [0, 0.1) is 0 Å². The van der Waals surface area contributed by atoms with Crippen LogP contribution in [0.25, 0.3) is 0 Å². The van der Waals surface area contributed by atoms with Gasteiger partial charge in [-0.15, -0.1) is 0 Å². The van der Waals surface area contributed by atoms with Crippen LogP contribution in [0.5, 0.6) is 0 Å². The lowest BCUT2D eigenvalue weighted by atomic mass is 9.82. The summed E-state index contributed by atoms with van der Waals surface area (Å²) in [4.78, 5) is 37.8. The molecule has 0 aromatic heterocycles. The molecule has 2 aliphatic rings. The zero-order chi connectivity index (χ0) is 20.0. The second kappa shape index (κ2) is 6.52. The largest absolute Gasteiger partial charge is 0.444 e. The first-order valence-corrected chi connectivity index (χ1v) is 8.25. The number of amides is 2. The van der Waals surface area contributed by atoms with Gasteiger partial charge >= 0.3 is 12.1 Å². The molecule has 2 fully saturated rings. The summed E-state index contributed by atoms with van der Waals surface area (Å²) in [5, 5.41) is 5.29. The SMILES string of the molecule is CC(=O)O[C@@H]1NC[C@@]12C(=O)NCC(=O)N2C(C)c1ccc(C(F)(F)F)cc1. The molecule has 0 aliphatic carbocycles. The third-order valence-corrected chi connectivity index (χ3v) is 4.87. The van der Waals surface area contributed by atoms with Gasteiger partial charge in [-0.3, -0.25) is 19.7 Å². The fourth-order valence-electron chi connectivity index (χ4n) is 3.48. The minimum absolute atomic E-state index is 0.0630. The van der Waals surface area contributed by atoms with Crippen molar-refractivity contribution in [1.82, 2.24) is 15.5 Å². The van der Waals surface area contributed by atoms with E-state index in [9.17, 15) is 27.6 Å². The standard InChI is InChI=1S/C17H18F3N3O4/c1-9(11-3-5-12(6-4-11)17(18,19)20)23-13(25)7-21-14(26)16(23)8-22-15(16)27-10(2)24/h3-6,9,15,22H,7-8H2,1-2H3,(H,21,26)/t9?,15-,16+/m0/s1. The summed E-state index contributed by atoms with van der Waals surface area (Å²) < 4.78 is 43.4. The van der Waals surface area contributed by atoms with E-state index in [-0.39, 0.29) is 13.1 Å². The summed E-state index contributed by atoms with van der Waals surface area (Å²) in [6, 6.07) is 3.69. The lowest BCUT2D eigenvalue weighted by Crippen LogP contribution is -2.85. The fraction of sp³-hybridized carbons (Fsp3) is 0.471. The number of carbonyl (C=O) groups excluding carboxylic acids is 3. The van der Waals surface area contributed by atoms with E-state index in [0.717, 1.165) is 12.1 Å². The number of ether oxygens (including phenoxy) is 1. The van der Waals surface area contributed by atoms with Crippen molar-refractivity contribution in [2.24, 2.45) is 0 Å². The van der Waals surface area contributed by atoms with Crippen molar-refractivity contribution >= 4 is 17.8 Å². The summed E-state index contributed by atoms with van der Waals surface area (Å²) in [6.45, 7) is 2.62. The van der Waals surface area contributed by atoms with E-state index < -0.39 is 47.3 Å². The first-order valence-electron chi connectivity index (χ1n) is 8.25. The number of rotatable bonds is 3. The Balaban J connectivity index is 1.95. The van der Waals surface area contributed by atoms with E-state index in [4.69, 9.17) is 4.74 Å².